The van der Waals surface area contributed by atoms with Crippen molar-refractivity contribution in [2.45, 2.75) is 0 Å². The lowest BCUT2D eigenvalue weighted by molar-refractivity contribution is 0.102. The fourth-order valence-corrected chi connectivity index (χ4v) is 2.67. The van der Waals surface area contributed by atoms with E-state index in [0.29, 0.717) is 37.7 Å². The predicted octanol–water partition coefficient (Wildman–Crippen LogP) is 3.06. The highest BCUT2D eigenvalue weighted by Gasteiger charge is 2.16. The first-order valence-electron chi connectivity index (χ1n) is 7.85. The van der Waals surface area contributed by atoms with Crippen LogP contribution in [0.4, 0.5) is 20.2 Å². The van der Waals surface area contributed by atoms with E-state index in [1.165, 1.54) is 31.4 Å². The summed E-state index contributed by atoms with van der Waals surface area (Å²) in [5.41, 5.74) is 1.11. The summed E-state index contributed by atoms with van der Waals surface area (Å²) in [5, 5.41) is 2.62. The van der Waals surface area contributed by atoms with Crippen molar-refractivity contribution in [1.82, 2.24) is 0 Å². The number of ether oxygens (including phenoxy) is 2. The number of halogens is 2. The first-order valence-corrected chi connectivity index (χ1v) is 7.85. The first-order chi connectivity index (χ1) is 12.1. The van der Waals surface area contributed by atoms with Crippen molar-refractivity contribution < 1.29 is 23.0 Å². The molecule has 1 N–H and O–H groups in total. The maximum atomic E-state index is 14.0. The number of benzene rings is 2. The van der Waals surface area contributed by atoms with Crippen LogP contribution < -0.4 is 15.0 Å². The van der Waals surface area contributed by atoms with E-state index in [9.17, 15) is 13.6 Å². The summed E-state index contributed by atoms with van der Waals surface area (Å²) in [7, 11) is 1.38. The third kappa shape index (κ3) is 4.06. The smallest absolute Gasteiger partial charge is 0.255 e. The molecule has 0 spiro atoms. The van der Waals surface area contributed by atoms with Crippen LogP contribution in [-0.2, 0) is 4.74 Å². The molecule has 0 radical (unpaired) electrons. The summed E-state index contributed by atoms with van der Waals surface area (Å²) in [6, 6.07) is 7.95. The molecule has 1 fully saturated rings. The number of morpholine rings is 1. The number of amides is 1. The van der Waals surface area contributed by atoms with Gasteiger partial charge in [0.05, 0.1) is 26.0 Å². The highest BCUT2D eigenvalue weighted by atomic mass is 19.1. The van der Waals surface area contributed by atoms with Crippen molar-refractivity contribution in [2.75, 3.05) is 43.6 Å². The van der Waals surface area contributed by atoms with Crippen LogP contribution in [0, 0.1) is 11.6 Å². The van der Waals surface area contributed by atoms with Gasteiger partial charge in [-0.2, -0.15) is 0 Å². The molecule has 5 nitrogen and oxygen atoms in total. The second kappa shape index (κ2) is 7.48. The fourth-order valence-electron chi connectivity index (χ4n) is 2.67. The molecule has 2 aromatic carbocycles. The van der Waals surface area contributed by atoms with Gasteiger partial charge in [-0.15, -0.1) is 0 Å². The molecule has 1 heterocycles. The molecule has 0 aliphatic carbocycles. The van der Waals surface area contributed by atoms with Crippen molar-refractivity contribution >= 4 is 17.3 Å². The first kappa shape index (κ1) is 17.2. The minimum Gasteiger partial charge on any atom is -0.494 e. The average Bonchev–Trinajstić information content (AvgIpc) is 2.63. The third-order valence-corrected chi connectivity index (χ3v) is 3.93. The van der Waals surface area contributed by atoms with Crippen molar-refractivity contribution in [3.8, 4) is 5.75 Å². The molecule has 3 rings (SSSR count). The van der Waals surface area contributed by atoms with Crippen LogP contribution in [0.5, 0.6) is 5.75 Å². The van der Waals surface area contributed by atoms with Gasteiger partial charge in [-0.05, 0) is 30.3 Å². The lowest BCUT2D eigenvalue weighted by atomic mass is 10.1. The number of hydrogen-bond acceptors (Lipinski definition) is 4. The Morgan fingerprint density at radius 1 is 1.12 bits per heavy atom. The second-order valence-electron chi connectivity index (χ2n) is 5.60. The fraction of sp³-hybridized carbons (Fsp3) is 0.278. The molecule has 1 saturated heterocycles. The summed E-state index contributed by atoms with van der Waals surface area (Å²) in [6.07, 6.45) is 0. The molecular weight excluding hydrogens is 330 g/mol. The summed E-state index contributed by atoms with van der Waals surface area (Å²) >= 11 is 0. The van der Waals surface area contributed by atoms with Gasteiger partial charge in [0.1, 0.15) is 17.4 Å². The molecule has 2 aromatic rings. The van der Waals surface area contributed by atoms with Gasteiger partial charge in [0, 0.05) is 30.4 Å². The van der Waals surface area contributed by atoms with Gasteiger partial charge < -0.3 is 19.7 Å². The lowest BCUT2D eigenvalue weighted by Crippen LogP contribution is -2.36. The van der Waals surface area contributed by atoms with E-state index in [1.807, 2.05) is 4.90 Å². The van der Waals surface area contributed by atoms with Crippen LogP contribution in [-0.4, -0.2) is 39.3 Å². The van der Waals surface area contributed by atoms with Gasteiger partial charge >= 0.3 is 0 Å². The number of nitrogens with zero attached hydrogens (tertiary/aromatic N) is 1. The quantitative estimate of drug-likeness (QED) is 0.923. The Bertz CT molecular complexity index is 777. The molecule has 1 aliphatic heterocycles. The Morgan fingerprint density at radius 3 is 2.60 bits per heavy atom. The van der Waals surface area contributed by atoms with Crippen LogP contribution >= 0.6 is 0 Å². The van der Waals surface area contributed by atoms with Crippen molar-refractivity contribution in [1.29, 1.82) is 0 Å². The van der Waals surface area contributed by atoms with Crippen LogP contribution in [0.25, 0.3) is 0 Å². The van der Waals surface area contributed by atoms with Gasteiger partial charge in [-0.3, -0.25) is 4.79 Å². The van der Waals surface area contributed by atoms with Crippen LogP contribution in [0.2, 0.25) is 0 Å². The number of carbonyl (C=O) groups excluding carboxylic acids is 1. The normalized spacial score (nSPS) is 14.3. The van der Waals surface area contributed by atoms with Gasteiger partial charge in [-0.1, -0.05) is 0 Å². The molecular formula is C18H18F2N2O3. The monoisotopic (exact) mass is 348 g/mol. The van der Waals surface area contributed by atoms with Gasteiger partial charge in [0.25, 0.3) is 5.91 Å². The predicted molar refractivity (Wildman–Crippen MR) is 90.3 cm³/mol. The van der Waals surface area contributed by atoms with Crippen molar-refractivity contribution in [3.05, 3.63) is 53.6 Å². The molecule has 1 amide bonds. The maximum Gasteiger partial charge on any atom is 0.255 e. The van der Waals surface area contributed by atoms with Crippen LogP contribution in [0.15, 0.2) is 36.4 Å². The summed E-state index contributed by atoms with van der Waals surface area (Å²) in [4.78, 5) is 14.4. The molecule has 1 aliphatic rings. The zero-order valence-electron chi connectivity index (χ0n) is 13.7. The lowest BCUT2D eigenvalue weighted by Gasteiger charge is -2.29. The van der Waals surface area contributed by atoms with E-state index < -0.39 is 17.5 Å². The highest BCUT2D eigenvalue weighted by molar-refractivity contribution is 6.05. The maximum absolute atomic E-state index is 14.0. The zero-order chi connectivity index (χ0) is 17.8. The van der Waals surface area contributed by atoms with E-state index in [0.717, 1.165) is 6.07 Å². The minimum atomic E-state index is -0.501. The van der Waals surface area contributed by atoms with Gasteiger partial charge in [0.2, 0.25) is 0 Å². The third-order valence-electron chi connectivity index (χ3n) is 3.93. The number of nitrogens with one attached hydrogen (secondary N) is 1. The average molecular weight is 348 g/mol. The molecule has 25 heavy (non-hydrogen) atoms. The molecule has 0 bridgehead atoms. The Kier molecular flexibility index (Phi) is 5.14. The van der Waals surface area contributed by atoms with E-state index in [2.05, 4.69) is 5.32 Å². The molecule has 0 saturated carbocycles. The molecule has 7 heteroatoms. The summed E-state index contributed by atoms with van der Waals surface area (Å²) in [5.74, 6) is -1.28. The Labute approximate surface area is 144 Å². The molecule has 0 unspecified atom stereocenters. The minimum absolute atomic E-state index is 0.174. The largest absolute Gasteiger partial charge is 0.494 e. The number of anilines is 2. The van der Waals surface area contributed by atoms with Crippen LogP contribution in [0.1, 0.15) is 10.4 Å². The number of hydrogen-bond donors (Lipinski definition) is 1. The van der Waals surface area contributed by atoms with E-state index >= 15 is 0 Å². The van der Waals surface area contributed by atoms with Crippen molar-refractivity contribution in [3.63, 3.8) is 0 Å². The highest BCUT2D eigenvalue weighted by Crippen LogP contribution is 2.26. The molecule has 0 atom stereocenters. The number of rotatable bonds is 4. The Balaban J connectivity index is 1.83. The molecule has 132 valence electrons. The van der Waals surface area contributed by atoms with Crippen LogP contribution in [0.3, 0.4) is 0 Å². The summed E-state index contributed by atoms with van der Waals surface area (Å²) in [6.45, 7) is 2.39. The number of carbonyl (C=O) groups is 1. The number of methoxy groups -OCH3 is 1. The van der Waals surface area contributed by atoms with Gasteiger partial charge in [-0.25, -0.2) is 8.78 Å². The second-order valence-corrected chi connectivity index (χ2v) is 5.60. The Hall–Kier alpha value is -2.67. The zero-order valence-corrected chi connectivity index (χ0v) is 13.7. The Morgan fingerprint density at radius 2 is 1.88 bits per heavy atom. The molecule has 0 aromatic heterocycles. The summed E-state index contributed by atoms with van der Waals surface area (Å²) < 4.78 is 37.6. The van der Waals surface area contributed by atoms with E-state index in [-0.39, 0.29) is 11.3 Å². The van der Waals surface area contributed by atoms with E-state index in [1.54, 1.807) is 6.07 Å². The standard InChI is InChI=1S/C18H18F2N2O3/c1-24-17-11-13(19)2-3-16(17)21-18(23)12-8-14(20)10-15(9-12)22-4-6-25-7-5-22/h2-3,8-11H,4-7H2,1H3,(H,21,23). The SMILES string of the molecule is COc1cc(F)ccc1NC(=O)c1cc(F)cc(N2CCOCC2)c1. The van der Waals surface area contributed by atoms with Crippen molar-refractivity contribution in [2.24, 2.45) is 0 Å². The van der Waals surface area contributed by atoms with Gasteiger partial charge in [0.15, 0.2) is 0 Å². The topological polar surface area (TPSA) is 50.8 Å². The van der Waals surface area contributed by atoms with E-state index in [4.69, 9.17) is 9.47 Å².